The summed E-state index contributed by atoms with van der Waals surface area (Å²) in [6.07, 6.45) is 0. The molecule has 1 aromatic heterocycles. The molecule has 2 amide bonds. The number of para-hydroxylation sites is 1. The maximum atomic E-state index is 12.7. The maximum absolute atomic E-state index is 12.7. The lowest BCUT2D eigenvalue weighted by Gasteiger charge is -2.16. The van der Waals surface area contributed by atoms with Gasteiger partial charge in [0.2, 0.25) is 0 Å². The zero-order valence-electron chi connectivity index (χ0n) is 15.1. The van der Waals surface area contributed by atoms with Crippen LogP contribution in [0.5, 0.6) is 11.5 Å². The van der Waals surface area contributed by atoms with Crippen molar-refractivity contribution in [3.63, 3.8) is 0 Å². The van der Waals surface area contributed by atoms with Crippen molar-refractivity contribution in [3.8, 4) is 11.5 Å². The topological polar surface area (TPSA) is 76.7 Å². The molecule has 2 aromatic carbocycles. The van der Waals surface area contributed by atoms with Crippen LogP contribution in [-0.2, 0) is 0 Å². The predicted molar refractivity (Wildman–Crippen MR) is 111 cm³/mol. The molecule has 0 aliphatic heterocycles. The second-order valence-corrected chi connectivity index (χ2v) is 6.98. The van der Waals surface area contributed by atoms with Crippen molar-refractivity contribution in [2.24, 2.45) is 0 Å². The van der Waals surface area contributed by atoms with Gasteiger partial charge in [0.15, 0.2) is 11.5 Å². The first-order valence-corrected chi connectivity index (χ1v) is 9.46. The Bertz CT molecular complexity index is 1010. The van der Waals surface area contributed by atoms with Crippen LogP contribution in [0.15, 0.2) is 53.9 Å². The van der Waals surface area contributed by atoms with E-state index < -0.39 is 5.91 Å². The van der Waals surface area contributed by atoms with E-state index in [-0.39, 0.29) is 11.5 Å². The minimum atomic E-state index is -0.402. The first-order valence-electron chi connectivity index (χ1n) is 8.20. The van der Waals surface area contributed by atoms with Gasteiger partial charge >= 0.3 is 0 Å². The number of nitrogens with one attached hydrogen (secondary N) is 2. The molecular weight excluding hydrogens is 400 g/mol. The number of carbonyl (C=O) groups excluding carboxylic acids is 2. The van der Waals surface area contributed by atoms with Crippen LogP contribution in [0, 0.1) is 0 Å². The van der Waals surface area contributed by atoms with Crippen molar-refractivity contribution in [2.45, 2.75) is 0 Å². The standard InChI is InChI=1S/C20H17ClN2O4S/c1-26-16-11-12(19(24)22-14-7-4-3-6-13(14)21)10-15(18(16)27-2)23-20(25)17-8-5-9-28-17/h3-11H,1-2H3,(H,22,24)(H,23,25). The molecule has 8 heteroatoms. The first kappa shape index (κ1) is 19.7. The van der Waals surface area contributed by atoms with E-state index in [1.165, 1.54) is 37.7 Å². The number of methoxy groups -OCH3 is 2. The molecule has 0 bridgehead atoms. The molecule has 28 heavy (non-hydrogen) atoms. The highest BCUT2D eigenvalue weighted by atomic mass is 35.5. The Morgan fingerprint density at radius 3 is 2.32 bits per heavy atom. The summed E-state index contributed by atoms with van der Waals surface area (Å²) in [7, 11) is 2.92. The summed E-state index contributed by atoms with van der Waals surface area (Å²) >= 11 is 7.41. The largest absolute Gasteiger partial charge is 0.493 e. The van der Waals surface area contributed by atoms with Gasteiger partial charge in [-0.3, -0.25) is 9.59 Å². The van der Waals surface area contributed by atoms with Crippen LogP contribution in [0.3, 0.4) is 0 Å². The van der Waals surface area contributed by atoms with E-state index in [4.69, 9.17) is 21.1 Å². The predicted octanol–water partition coefficient (Wildman–Crippen LogP) is 4.92. The normalized spacial score (nSPS) is 10.2. The molecule has 6 nitrogen and oxygen atoms in total. The van der Waals surface area contributed by atoms with E-state index in [0.717, 1.165) is 0 Å². The molecule has 0 fully saturated rings. The van der Waals surface area contributed by atoms with Crippen LogP contribution >= 0.6 is 22.9 Å². The molecule has 2 N–H and O–H groups in total. The number of ether oxygens (including phenoxy) is 2. The van der Waals surface area contributed by atoms with E-state index in [1.807, 2.05) is 0 Å². The van der Waals surface area contributed by atoms with E-state index in [1.54, 1.807) is 41.8 Å². The van der Waals surface area contributed by atoms with Gasteiger partial charge in [-0.2, -0.15) is 0 Å². The number of carbonyl (C=O) groups is 2. The summed E-state index contributed by atoms with van der Waals surface area (Å²) in [5.41, 5.74) is 1.08. The molecule has 0 saturated heterocycles. The van der Waals surface area contributed by atoms with E-state index in [2.05, 4.69) is 10.6 Å². The summed E-state index contributed by atoms with van der Waals surface area (Å²) in [4.78, 5) is 25.7. The fourth-order valence-electron chi connectivity index (χ4n) is 2.54. The average Bonchev–Trinajstić information content (AvgIpc) is 3.24. The monoisotopic (exact) mass is 416 g/mol. The fourth-order valence-corrected chi connectivity index (χ4v) is 3.34. The van der Waals surface area contributed by atoms with Gasteiger partial charge in [-0.25, -0.2) is 0 Å². The zero-order valence-corrected chi connectivity index (χ0v) is 16.7. The quantitative estimate of drug-likeness (QED) is 0.597. The van der Waals surface area contributed by atoms with Crippen LogP contribution in [0.4, 0.5) is 11.4 Å². The SMILES string of the molecule is COc1cc(C(=O)Nc2ccccc2Cl)cc(NC(=O)c2cccs2)c1OC. The van der Waals surface area contributed by atoms with Gasteiger partial charge in [-0.05, 0) is 35.7 Å². The lowest BCUT2D eigenvalue weighted by molar-refractivity contribution is 0.101. The van der Waals surface area contributed by atoms with Gasteiger partial charge in [0.1, 0.15) is 0 Å². The number of halogens is 1. The van der Waals surface area contributed by atoms with Gasteiger partial charge in [0.05, 0.1) is 35.5 Å². The lowest BCUT2D eigenvalue weighted by atomic mass is 10.1. The zero-order chi connectivity index (χ0) is 20.1. The van der Waals surface area contributed by atoms with Crippen molar-refractivity contribution < 1.29 is 19.1 Å². The molecular formula is C20H17ClN2O4S. The summed E-state index contributed by atoms with van der Waals surface area (Å²) < 4.78 is 10.7. The molecule has 3 aromatic rings. The van der Waals surface area contributed by atoms with Crippen molar-refractivity contribution in [3.05, 3.63) is 69.4 Å². The molecule has 0 aliphatic carbocycles. The molecule has 144 valence electrons. The van der Waals surface area contributed by atoms with Gasteiger partial charge in [0.25, 0.3) is 11.8 Å². The highest BCUT2D eigenvalue weighted by Crippen LogP contribution is 2.37. The number of rotatable bonds is 6. The number of amides is 2. The highest BCUT2D eigenvalue weighted by molar-refractivity contribution is 7.12. The van der Waals surface area contributed by atoms with Crippen LogP contribution in [0.2, 0.25) is 5.02 Å². The van der Waals surface area contributed by atoms with Crippen LogP contribution in [-0.4, -0.2) is 26.0 Å². The Kier molecular flexibility index (Phi) is 6.18. The Labute approximate surface area is 171 Å². The number of benzene rings is 2. The van der Waals surface area contributed by atoms with Crippen LogP contribution in [0.1, 0.15) is 20.0 Å². The van der Waals surface area contributed by atoms with Gasteiger partial charge < -0.3 is 20.1 Å². The molecule has 0 radical (unpaired) electrons. The Hall–Kier alpha value is -3.03. The first-order chi connectivity index (χ1) is 13.5. The summed E-state index contributed by atoms with van der Waals surface area (Å²) in [5.74, 6) is -0.0721. The number of anilines is 2. The van der Waals surface area contributed by atoms with Crippen molar-refractivity contribution in [1.82, 2.24) is 0 Å². The Morgan fingerprint density at radius 2 is 1.68 bits per heavy atom. The molecule has 0 saturated carbocycles. The second-order valence-electron chi connectivity index (χ2n) is 5.62. The second kappa shape index (κ2) is 8.77. The molecule has 0 atom stereocenters. The Balaban J connectivity index is 1.94. The van der Waals surface area contributed by atoms with Gasteiger partial charge in [0, 0.05) is 5.56 Å². The third-order valence-electron chi connectivity index (χ3n) is 3.86. The van der Waals surface area contributed by atoms with Crippen LogP contribution in [0.25, 0.3) is 0 Å². The van der Waals surface area contributed by atoms with Gasteiger partial charge in [-0.15, -0.1) is 11.3 Å². The molecule has 1 heterocycles. The Morgan fingerprint density at radius 1 is 0.929 bits per heavy atom. The molecule has 0 spiro atoms. The number of thiophene rings is 1. The minimum absolute atomic E-state index is 0.277. The molecule has 0 aliphatic rings. The number of hydrogen-bond donors (Lipinski definition) is 2. The fraction of sp³-hybridized carbons (Fsp3) is 0.100. The third-order valence-corrected chi connectivity index (χ3v) is 5.05. The van der Waals surface area contributed by atoms with E-state index in [9.17, 15) is 9.59 Å². The average molecular weight is 417 g/mol. The summed E-state index contributed by atoms with van der Waals surface area (Å²) in [6.45, 7) is 0. The smallest absolute Gasteiger partial charge is 0.265 e. The van der Waals surface area contributed by atoms with E-state index >= 15 is 0 Å². The minimum Gasteiger partial charge on any atom is -0.493 e. The van der Waals surface area contributed by atoms with Crippen LogP contribution < -0.4 is 20.1 Å². The number of hydrogen-bond acceptors (Lipinski definition) is 5. The summed E-state index contributed by atoms with van der Waals surface area (Å²) in [5, 5.41) is 7.74. The highest BCUT2D eigenvalue weighted by Gasteiger charge is 2.19. The van der Waals surface area contributed by atoms with E-state index in [0.29, 0.717) is 32.8 Å². The van der Waals surface area contributed by atoms with Crippen molar-refractivity contribution in [2.75, 3.05) is 24.9 Å². The van der Waals surface area contributed by atoms with Gasteiger partial charge in [-0.1, -0.05) is 29.8 Å². The molecule has 3 rings (SSSR count). The lowest BCUT2D eigenvalue weighted by Crippen LogP contribution is -2.15. The third kappa shape index (κ3) is 4.27. The maximum Gasteiger partial charge on any atom is 0.265 e. The van der Waals surface area contributed by atoms with Crippen molar-refractivity contribution in [1.29, 1.82) is 0 Å². The van der Waals surface area contributed by atoms with Crippen molar-refractivity contribution >= 4 is 46.1 Å². The molecule has 0 unspecified atom stereocenters. The summed E-state index contributed by atoms with van der Waals surface area (Å²) in [6, 6.07) is 13.5.